The van der Waals surface area contributed by atoms with E-state index in [1.54, 1.807) is 0 Å². The van der Waals surface area contributed by atoms with Gasteiger partial charge in [-0.1, -0.05) is 13.3 Å². The van der Waals surface area contributed by atoms with Crippen LogP contribution in [0.25, 0.3) is 0 Å². The molecule has 3 aliphatic rings. The van der Waals surface area contributed by atoms with Crippen LogP contribution < -0.4 is 5.32 Å². The molecule has 0 radical (unpaired) electrons. The first-order valence-electron chi connectivity index (χ1n) is 8.44. The molecule has 19 heavy (non-hydrogen) atoms. The monoisotopic (exact) mass is 265 g/mol. The van der Waals surface area contributed by atoms with E-state index >= 15 is 0 Å². The standard InChI is InChI=1S/C16H31N3/c1-3-16-15-11-17-10-13(15)12-19(16)9-7-14-6-4-5-8-18(14)2/h13-17H,3-12H2,1-2H3. The molecular weight excluding hydrogens is 234 g/mol. The van der Waals surface area contributed by atoms with Gasteiger partial charge in [0, 0.05) is 18.6 Å². The number of fused-ring (bicyclic) bond motifs is 1. The molecule has 3 aliphatic heterocycles. The molecule has 1 N–H and O–H groups in total. The SMILES string of the molecule is CCC1C2CNCC2CN1CCC1CCCCN1C. The van der Waals surface area contributed by atoms with E-state index in [9.17, 15) is 0 Å². The van der Waals surface area contributed by atoms with Crippen molar-refractivity contribution in [2.24, 2.45) is 11.8 Å². The summed E-state index contributed by atoms with van der Waals surface area (Å²) in [6.45, 7) is 8.92. The van der Waals surface area contributed by atoms with Crippen LogP contribution in [0.15, 0.2) is 0 Å². The van der Waals surface area contributed by atoms with Crippen LogP contribution in [-0.4, -0.2) is 61.7 Å². The maximum absolute atomic E-state index is 3.59. The number of piperidine rings is 1. The van der Waals surface area contributed by atoms with Gasteiger partial charge in [0.2, 0.25) is 0 Å². The third-order valence-electron chi connectivity index (χ3n) is 5.91. The predicted molar refractivity (Wildman–Crippen MR) is 80.4 cm³/mol. The van der Waals surface area contributed by atoms with Gasteiger partial charge in [-0.3, -0.25) is 4.90 Å². The molecule has 3 heterocycles. The van der Waals surface area contributed by atoms with Crippen LogP contribution in [0.3, 0.4) is 0 Å². The lowest BCUT2D eigenvalue weighted by Gasteiger charge is -2.35. The quantitative estimate of drug-likeness (QED) is 0.836. The highest BCUT2D eigenvalue weighted by Crippen LogP contribution is 2.34. The molecule has 3 fully saturated rings. The summed E-state index contributed by atoms with van der Waals surface area (Å²) in [5.74, 6) is 1.88. The average molecular weight is 265 g/mol. The van der Waals surface area contributed by atoms with E-state index in [0.717, 1.165) is 23.9 Å². The summed E-state index contributed by atoms with van der Waals surface area (Å²) in [4.78, 5) is 5.42. The first-order valence-corrected chi connectivity index (χ1v) is 8.44. The summed E-state index contributed by atoms with van der Waals surface area (Å²) < 4.78 is 0. The van der Waals surface area contributed by atoms with Gasteiger partial charge in [0.05, 0.1) is 0 Å². The molecule has 3 heteroatoms. The lowest BCUT2D eigenvalue weighted by Crippen LogP contribution is -2.41. The van der Waals surface area contributed by atoms with Crippen molar-refractivity contribution < 1.29 is 0 Å². The van der Waals surface area contributed by atoms with E-state index in [0.29, 0.717) is 0 Å². The van der Waals surface area contributed by atoms with Crippen molar-refractivity contribution in [2.75, 3.05) is 39.8 Å². The van der Waals surface area contributed by atoms with Gasteiger partial charge >= 0.3 is 0 Å². The maximum Gasteiger partial charge on any atom is 0.0137 e. The average Bonchev–Trinajstić information content (AvgIpc) is 2.97. The van der Waals surface area contributed by atoms with Crippen molar-refractivity contribution in [3.63, 3.8) is 0 Å². The summed E-state index contributed by atoms with van der Waals surface area (Å²) in [6, 6.07) is 1.71. The molecule has 3 saturated heterocycles. The second-order valence-corrected chi connectivity index (χ2v) is 6.97. The Morgan fingerprint density at radius 2 is 2.11 bits per heavy atom. The minimum absolute atomic E-state index is 0.852. The molecule has 110 valence electrons. The minimum atomic E-state index is 0.852. The van der Waals surface area contributed by atoms with Crippen molar-refractivity contribution in [3.8, 4) is 0 Å². The van der Waals surface area contributed by atoms with Crippen LogP contribution in [-0.2, 0) is 0 Å². The van der Waals surface area contributed by atoms with Crippen molar-refractivity contribution in [2.45, 2.75) is 51.1 Å². The second-order valence-electron chi connectivity index (χ2n) is 6.97. The Kier molecular flexibility index (Phi) is 4.45. The summed E-state index contributed by atoms with van der Waals surface area (Å²) in [5.41, 5.74) is 0. The molecule has 3 nitrogen and oxygen atoms in total. The molecule has 0 bridgehead atoms. The normalized spacial score (nSPS) is 40.7. The van der Waals surface area contributed by atoms with Gasteiger partial charge < -0.3 is 10.2 Å². The van der Waals surface area contributed by atoms with Gasteiger partial charge in [0.15, 0.2) is 0 Å². The summed E-state index contributed by atoms with van der Waals surface area (Å²) in [5, 5.41) is 3.59. The zero-order valence-corrected chi connectivity index (χ0v) is 12.8. The summed E-state index contributed by atoms with van der Waals surface area (Å²) in [7, 11) is 2.32. The van der Waals surface area contributed by atoms with Crippen LogP contribution in [0, 0.1) is 11.8 Å². The zero-order valence-electron chi connectivity index (χ0n) is 12.8. The molecule has 0 aromatic carbocycles. The Balaban J connectivity index is 1.52. The molecule has 4 atom stereocenters. The van der Waals surface area contributed by atoms with Crippen LogP contribution >= 0.6 is 0 Å². The predicted octanol–water partition coefficient (Wildman–Crippen LogP) is 1.79. The second kappa shape index (κ2) is 6.11. The van der Waals surface area contributed by atoms with E-state index in [2.05, 4.69) is 29.1 Å². The highest BCUT2D eigenvalue weighted by Gasteiger charge is 2.42. The fourth-order valence-electron chi connectivity index (χ4n) is 4.75. The third-order valence-corrected chi connectivity index (χ3v) is 5.91. The molecule has 0 aromatic rings. The molecule has 3 rings (SSSR count). The largest absolute Gasteiger partial charge is 0.316 e. The molecule has 0 aromatic heterocycles. The minimum Gasteiger partial charge on any atom is -0.316 e. The summed E-state index contributed by atoms with van der Waals surface area (Å²) >= 11 is 0. The first kappa shape index (κ1) is 13.8. The van der Waals surface area contributed by atoms with Crippen LogP contribution in [0.4, 0.5) is 0 Å². The first-order chi connectivity index (χ1) is 9.29. The van der Waals surface area contributed by atoms with Gasteiger partial charge in [-0.05, 0) is 70.7 Å². The van der Waals surface area contributed by atoms with Gasteiger partial charge in [-0.25, -0.2) is 0 Å². The highest BCUT2D eigenvalue weighted by atomic mass is 15.2. The number of hydrogen-bond donors (Lipinski definition) is 1. The van der Waals surface area contributed by atoms with E-state index in [1.165, 1.54) is 64.8 Å². The highest BCUT2D eigenvalue weighted by molar-refractivity contribution is 4.98. The van der Waals surface area contributed by atoms with Crippen LogP contribution in [0.1, 0.15) is 39.0 Å². The lowest BCUT2D eigenvalue weighted by molar-refractivity contribution is 0.142. The topological polar surface area (TPSA) is 18.5 Å². The van der Waals surface area contributed by atoms with Gasteiger partial charge in [-0.15, -0.1) is 0 Å². The summed E-state index contributed by atoms with van der Waals surface area (Å²) in [6.07, 6.45) is 7.00. The van der Waals surface area contributed by atoms with Crippen molar-refractivity contribution in [1.29, 1.82) is 0 Å². The van der Waals surface area contributed by atoms with E-state index in [-0.39, 0.29) is 0 Å². The Bertz CT molecular complexity index is 294. The number of likely N-dealkylation sites (tertiary alicyclic amines) is 2. The number of rotatable bonds is 4. The van der Waals surface area contributed by atoms with E-state index in [1.807, 2.05) is 0 Å². The van der Waals surface area contributed by atoms with Crippen LogP contribution in [0.2, 0.25) is 0 Å². The maximum atomic E-state index is 3.59. The molecule has 4 unspecified atom stereocenters. The third kappa shape index (κ3) is 2.84. The number of nitrogens with zero attached hydrogens (tertiary/aromatic N) is 2. The Morgan fingerprint density at radius 3 is 2.89 bits per heavy atom. The molecule has 0 saturated carbocycles. The Hall–Kier alpha value is -0.120. The van der Waals surface area contributed by atoms with Gasteiger partial charge in [0.1, 0.15) is 0 Å². The molecule has 0 aliphatic carbocycles. The van der Waals surface area contributed by atoms with Gasteiger partial charge in [0.25, 0.3) is 0 Å². The number of hydrogen-bond acceptors (Lipinski definition) is 3. The van der Waals surface area contributed by atoms with Crippen molar-refractivity contribution >= 4 is 0 Å². The Morgan fingerprint density at radius 1 is 1.21 bits per heavy atom. The zero-order chi connectivity index (χ0) is 13.2. The molecular formula is C16H31N3. The fraction of sp³-hybridized carbons (Fsp3) is 1.00. The molecule has 0 spiro atoms. The van der Waals surface area contributed by atoms with Crippen molar-refractivity contribution in [3.05, 3.63) is 0 Å². The van der Waals surface area contributed by atoms with Gasteiger partial charge in [-0.2, -0.15) is 0 Å². The fourth-order valence-corrected chi connectivity index (χ4v) is 4.75. The number of nitrogens with one attached hydrogen (secondary N) is 1. The van der Waals surface area contributed by atoms with E-state index in [4.69, 9.17) is 0 Å². The lowest BCUT2D eigenvalue weighted by atomic mass is 9.93. The molecule has 0 amide bonds. The van der Waals surface area contributed by atoms with E-state index < -0.39 is 0 Å². The van der Waals surface area contributed by atoms with Crippen LogP contribution in [0.5, 0.6) is 0 Å². The smallest absolute Gasteiger partial charge is 0.0137 e. The Labute approximate surface area is 118 Å². The van der Waals surface area contributed by atoms with Crippen molar-refractivity contribution in [1.82, 2.24) is 15.1 Å².